The van der Waals surface area contributed by atoms with Crippen LogP contribution in [-0.4, -0.2) is 26.6 Å². The number of aromatic amines is 1. The molecule has 0 aliphatic heterocycles. The Labute approximate surface area is 170 Å². The Hall–Kier alpha value is -3.09. The third-order valence-electron chi connectivity index (χ3n) is 5.04. The number of para-hydroxylation sites is 1. The van der Waals surface area contributed by atoms with Crippen molar-refractivity contribution in [2.45, 2.75) is 53.5 Å². The first-order chi connectivity index (χ1) is 13.8. The molecule has 0 unspecified atom stereocenters. The van der Waals surface area contributed by atoms with Crippen molar-refractivity contribution in [2.75, 3.05) is 0 Å². The highest BCUT2D eigenvalue weighted by Gasteiger charge is 2.14. The Balaban J connectivity index is 1.49. The number of aromatic nitrogens is 3. The van der Waals surface area contributed by atoms with Crippen LogP contribution in [0.4, 0.5) is 0 Å². The van der Waals surface area contributed by atoms with Crippen molar-refractivity contribution < 1.29 is 9.59 Å². The highest BCUT2D eigenvalue weighted by molar-refractivity contribution is 5.89. The van der Waals surface area contributed by atoms with Gasteiger partial charge in [0.15, 0.2) is 0 Å². The average Bonchev–Trinajstić information content (AvgIpc) is 3.19. The third-order valence-corrected chi connectivity index (χ3v) is 5.04. The Kier molecular flexibility index (Phi) is 6.36. The molecule has 7 heteroatoms. The summed E-state index contributed by atoms with van der Waals surface area (Å²) >= 11 is 0. The van der Waals surface area contributed by atoms with Crippen LogP contribution in [0.15, 0.2) is 30.5 Å². The number of nitrogens with zero attached hydrogens (tertiary/aromatic N) is 2. The lowest BCUT2D eigenvalue weighted by Gasteiger charge is -2.09. The fourth-order valence-electron chi connectivity index (χ4n) is 3.55. The molecular formula is C22H29N5O2. The third kappa shape index (κ3) is 5.04. The first-order valence-corrected chi connectivity index (χ1v) is 10.0. The number of hydrogen-bond acceptors (Lipinski definition) is 3. The number of hydrazine groups is 1. The normalized spacial score (nSPS) is 11.2. The Morgan fingerprint density at radius 1 is 1.14 bits per heavy atom. The van der Waals surface area contributed by atoms with Crippen molar-refractivity contribution >= 4 is 22.7 Å². The average molecular weight is 396 g/mol. The van der Waals surface area contributed by atoms with Gasteiger partial charge in [-0.3, -0.25) is 25.1 Å². The molecule has 2 heterocycles. The summed E-state index contributed by atoms with van der Waals surface area (Å²) in [6.45, 7) is 9.19. The van der Waals surface area contributed by atoms with Crippen LogP contribution in [0.25, 0.3) is 10.9 Å². The molecule has 0 aliphatic carbocycles. The van der Waals surface area contributed by atoms with Gasteiger partial charge in [-0.15, -0.1) is 0 Å². The minimum absolute atomic E-state index is 0.199. The molecule has 3 aromatic rings. The first-order valence-electron chi connectivity index (χ1n) is 10.0. The van der Waals surface area contributed by atoms with Crippen LogP contribution in [0.1, 0.15) is 42.8 Å². The maximum Gasteiger partial charge on any atom is 0.242 e. The lowest BCUT2D eigenvalue weighted by molar-refractivity contribution is -0.128. The number of carbonyl (C=O) groups excluding carboxylic acids is 2. The highest BCUT2D eigenvalue weighted by atomic mass is 16.2. The predicted octanol–water partition coefficient (Wildman–Crippen LogP) is 2.96. The largest absolute Gasteiger partial charge is 0.361 e. The fourth-order valence-corrected chi connectivity index (χ4v) is 3.55. The van der Waals surface area contributed by atoms with E-state index < -0.39 is 0 Å². The van der Waals surface area contributed by atoms with Gasteiger partial charge in [0.05, 0.1) is 12.1 Å². The van der Waals surface area contributed by atoms with Crippen LogP contribution < -0.4 is 10.9 Å². The molecule has 1 aromatic carbocycles. The van der Waals surface area contributed by atoms with E-state index in [4.69, 9.17) is 0 Å². The van der Waals surface area contributed by atoms with Crippen molar-refractivity contribution in [1.82, 2.24) is 25.6 Å². The molecule has 0 saturated carbocycles. The second-order valence-corrected chi connectivity index (χ2v) is 7.86. The quantitative estimate of drug-likeness (QED) is 0.537. The van der Waals surface area contributed by atoms with Crippen molar-refractivity contribution in [3.63, 3.8) is 0 Å². The van der Waals surface area contributed by atoms with Crippen molar-refractivity contribution in [3.05, 3.63) is 53.0 Å². The number of aryl methyl sites for hydroxylation is 1. The molecule has 2 aromatic heterocycles. The van der Waals surface area contributed by atoms with Gasteiger partial charge >= 0.3 is 0 Å². The van der Waals surface area contributed by atoms with Crippen molar-refractivity contribution in [2.24, 2.45) is 5.92 Å². The van der Waals surface area contributed by atoms with Gasteiger partial charge in [0.2, 0.25) is 11.8 Å². The maximum absolute atomic E-state index is 12.2. The van der Waals surface area contributed by atoms with E-state index in [-0.39, 0.29) is 18.2 Å². The topological polar surface area (TPSA) is 91.8 Å². The van der Waals surface area contributed by atoms with E-state index in [2.05, 4.69) is 34.8 Å². The van der Waals surface area contributed by atoms with E-state index in [9.17, 15) is 9.59 Å². The molecule has 0 saturated heterocycles. The van der Waals surface area contributed by atoms with Gasteiger partial charge in [-0.2, -0.15) is 5.10 Å². The molecular weight excluding hydrogens is 366 g/mol. The molecule has 29 heavy (non-hydrogen) atoms. The SMILES string of the molecule is Cc1nn(CC(C)C)c(C)c1CCC(=O)NNC(=O)Cc1c[nH]c2ccccc12. The Bertz CT molecular complexity index is 1020. The van der Waals surface area contributed by atoms with Crippen LogP contribution >= 0.6 is 0 Å². The van der Waals surface area contributed by atoms with E-state index in [1.54, 1.807) is 0 Å². The number of amides is 2. The fraction of sp³-hybridized carbons (Fsp3) is 0.409. The number of benzene rings is 1. The molecule has 154 valence electrons. The van der Waals surface area contributed by atoms with Crippen LogP contribution in [-0.2, 0) is 29.0 Å². The number of nitrogens with one attached hydrogen (secondary N) is 3. The highest BCUT2D eigenvalue weighted by Crippen LogP contribution is 2.18. The van der Waals surface area contributed by atoms with Gasteiger partial charge in [0, 0.05) is 35.8 Å². The van der Waals surface area contributed by atoms with Crippen LogP contribution in [0, 0.1) is 19.8 Å². The predicted molar refractivity (Wildman–Crippen MR) is 113 cm³/mol. The molecule has 7 nitrogen and oxygen atoms in total. The van der Waals surface area contributed by atoms with Gasteiger partial charge in [0.25, 0.3) is 0 Å². The lowest BCUT2D eigenvalue weighted by atomic mass is 10.1. The van der Waals surface area contributed by atoms with E-state index in [1.807, 2.05) is 49.0 Å². The van der Waals surface area contributed by atoms with Gasteiger partial charge in [-0.05, 0) is 43.4 Å². The standard InChI is InChI=1S/C22H29N5O2/c1-14(2)13-27-16(4)18(15(3)26-27)9-10-21(28)24-25-22(29)11-17-12-23-20-8-6-5-7-19(17)20/h5-8,12,14,23H,9-11,13H2,1-4H3,(H,24,28)(H,25,29). The molecule has 3 N–H and O–H groups in total. The second kappa shape index (κ2) is 8.94. The van der Waals surface area contributed by atoms with Gasteiger partial charge in [-0.1, -0.05) is 32.0 Å². The zero-order valence-electron chi connectivity index (χ0n) is 17.5. The summed E-state index contributed by atoms with van der Waals surface area (Å²) in [6.07, 6.45) is 2.92. The molecule has 3 rings (SSSR count). The van der Waals surface area contributed by atoms with Gasteiger partial charge < -0.3 is 4.98 Å². The van der Waals surface area contributed by atoms with Crippen molar-refractivity contribution in [1.29, 1.82) is 0 Å². The summed E-state index contributed by atoms with van der Waals surface area (Å²) < 4.78 is 2.01. The van der Waals surface area contributed by atoms with E-state index >= 15 is 0 Å². The van der Waals surface area contributed by atoms with Crippen LogP contribution in [0.3, 0.4) is 0 Å². The molecule has 0 spiro atoms. The Morgan fingerprint density at radius 3 is 2.62 bits per heavy atom. The molecule has 0 aliphatic rings. The lowest BCUT2D eigenvalue weighted by Crippen LogP contribution is -2.42. The summed E-state index contributed by atoms with van der Waals surface area (Å²) in [7, 11) is 0. The number of H-pyrrole nitrogens is 1. The summed E-state index contributed by atoms with van der Waals surface area (Å²) in [4.78, 5) is 27.5. The molecule has 0 fully saturated rings. The summed E-state index contributed by atoms with van der Waals surface area (Å²) in [5, 5.41) is 5.59. The number of fused-ring (bicyclic) bond motifs is 1. The minimum Gasteiger partial charge on any atom is -0.361 e. The molecule has 2 amide bonds. The zero-order valence-corrected chi connectivity index (χ0v) is 17.5. The first kappa shape index (κ1) is 20.6. The van der Waals surface area contributed by atoms with Crippen LogP contribution in [0.2, 0.25) is 0 Å². The summed E-state index contributed by atoms with van der Waals surface area (Å²) in [5.41, 5.74) is 10.1. The number of carbonyl (C=O) groups is 2. The van der Waals surface area contributed by atoms with E-state index in [0.717, 1.165) is 40.0 Å². The smallest absolute Gasteiger partial charge is 0.242 e. The van der Waals surface area contributed by atoms with E-state index in [1.165, 1.54) is 0 Å². The van der Waals surface area contributed by atoms with E-state index in [0.29, 0.717) is 18.8 Å². The van der Waals surface area contributed by atoms with Gasteiger partial charge in [0.1, 0.15) is 0 Å². The molecule has 0 radical (unpaired) electrons. The second-order valence-electron chi connectivity index (χ2n) is 7.86. The summed E-state index contributed by atoms with van der Waals surface area (Å²) in [5.74, 6) is 0.0458. The van der Waals surface area contributed by atoms with Crippen molar-refractivity contribution in [3.8, 4) is 0 Å². The maximum atomic E-state index is 12.2. The van der Waals surface area contributed by atoms with Gasteiger partial charge in [-0.25, -0.2) is 0 Å². The monoisotopic (exact) mass is 395 g/mol. The number of rotatable bonds is 7. The van der Waals surface area contributed by atoms with Crippen LogP contribution in [0.5, 0.6) is 0 Å². The molecule has 0 atom stereocenters. The minimum atomic E-state index is -0.250. The molecule has 0 bridgehead atoms. The zero-order chi connectivity index (χ0) is 21.0. The summed E-state index contributed by atoms with van der Waals surface area (Å²) in [6, 6.07) is 7.81. The Morgan fingerprint density at radius 2 is 1.86 bits per heavy atom. The number of hydrogen-bond donors (Lipinski definition) is 3.